The molecule has 4 nitrogen and oxygen atoms in total. The number of aromatic nitrogens is 3. The van der Waals surface area contributed by atoms with E-state index in [0.717, 1.165) is 5.69 Å². The fourth-order valence-corrected chi connectivity index (χ4v) is 0.893. The normalized spacial score (nSPS) is 11.5. The Hall–Kier alpha value is -1.71. The van der Waals surface area contributed by atoms with Crippen LogP contribution in [0, 0.1) is 0 Å². The standard InChI is InChI=1S/C7H5N3O/c11-4-7-9-3-6-5(10-7)1-2-8-6/h1-4H,(H,9,10)/i4D. The maximum absolute atomic E-state index is 10.6. The summed E-state index contributed by atoms with van der Waals surface area (Å²) in [6.07, 6.45) is 2.26. The quantitative estimate of drug-likeness (QED) is 0.606. The number of aromatic amines is 1. The Bertz CT molecular complexity index is 398. The summed E-state index contributed by atoms with van der Waals surface area (Å²) in [5.41, 5.74) is 1.42. The molecule has 4 heteroatoms. The van der Waals surface area contributed by atoms with Crippen LogP contribution in [-0.2, 0) is 0 Å². The minimum absolute atomic E-state index is 0.0375. The fraction of sp³-hybridized carbons (Fsp3) is 0. The number of hydrogen-bond acceptors (Lipinski definition) is 3. The molecule has 0 saturated carbocycles. The zero-order valence-corrected chi connectivity index (χ0v) is 5.53. The highest BCUT2D eigenvalue weighted by molar-refractivity contribution is 5.71. The van der Waals surface area contributed by atoms with E-state index in [9.17, 15) is 4.79 Å². The number of carbonyl (C=O) groups excluding carboxylic acids is 1. The fourth-order valence-electron chi connectivity index (χ4n) is 0.893. The Morgan fingerprint density at radius 1 is 1.64 bits per heavy atom. The minimum Gasteiger partial charge on any atom is -0.336 e. The third kappa shape index (κ3) is 0.881. The Kier molecular flexibility index (Phi) is 0.982. The summed E-state index contributed by atoms with van der Waals surface area (Å²) in [4.78, 5) is 20.9. The van der Waals surface area contributed by atoms with Gasteiger partial charge in [0.05, 0.1) is 11.9 Å². The topological polar surface area (TPSA) is 58.6 Å². The smallest absolute Gasteiger partial charge is 0.185 e. The van der Waals surface area contributed by atoms with Gasteiger partial charge in [-0.1, -0.05) is 0 Å². The van der Waals surface area contributed by atoms with E-state index >= 15 is 0 Å². The van der Waals surface area contributed by atoms with E-state index in [-0.39, 0.29) is 5.82 Å². The number of H-pyrrole nitrogens is 1. The van der Waals surface area contributed by atoms with Crippen LogP contribution in [0.3, 0.4) is 0 Å². The monoisotopic (exact) mass is 148 g/mol. The second-order valence-corrected chi connectivity index (χ2v) is 2.08. The number of aldehydes is 1. The summed E-state index contributed by atoms with van der Waals surface area (Å²) in [6.45, 7) is 0. The molecule has 0 aromatic rings. The van der Waals surface area contributed by atoms with Crippen molar-refractivity contribution in [2.75, 3.05) is 0 Å². The SMILES string of the molecule is [2H]C(=O)c1ncc2nccc-2[nH]1. The first-order valence-corrected chi connectivity index (χ1v) is 3.08. The number of fused-ring (bicyclic) bond motifs is 1. The average molecular weight is 148 g/mol. The van der Waals surface area contributed by atoms with Crippen molar-refractivity contribution in [1.29, 1.82) is 0 Å². The van der Waals surface area contributed by atoms with Crippen molar-refractivity contribution in [3.8, 4) is 11.4 Å². The Balaban J connectivity index is 2.62. The summed E-state index contributed by atoms with van der Waals surface area (Å²) in [6, 6.07) is 1.73. The van der Waals surface area contributed by atoms with Gasteiger partial charge >= 0.3 is 0 Å². The van der Waals surface area contributed by atoms with Crippen LogP contribution in [0.1, 0.15) is 12.0 Å². The molecule has 2 heterocycles. The lowest BCUT2D eigenvalue weighted by Crippen LogP contribution is -1.94. The molecule has 11 heavy (non-hydrogen) atoms. The van der Waals surface area contributed by atoms with E-state index in [1.54, 1.807) is 12.3 Å². The van der Waals surface area contributed by atoms with Gasteiger partial charge in [0, 0.05) is 6.20 Å². The second-order valence-electron chi connectivity index (χ2n) is 2.08. The lowest BCUT2D eigenvalue weighted by molar-refractivity contribution is 0.111. The third-order valence-corrected chi connectivity index (χ3v) is 1.40. The van der Waals surface area contributed by atoms with Gasteiger partial charge in [-0.2, -0.15) is 0 Å². The molecular weight excluding hydrogens is 142 g/mol. The van der Waals surface area contributed by atoms with Crippen LogP contribution < -0.4 is 0 Å². The van der Waals surface area contributed by atoms with Crippen molar-refractivity contribution in [2.45, 2.75) is 0 Å². The van der Waals surface area contributed by atoms with Gasteiger partial charge in [0.2, 0.25) is 0 Å². The van der Waals surface area contributed by atoms with E-state index in [1.807, 2.05) is 0 Å². The number of carbonyl (C=O) groups is 1. The van der Waals surface area contributed by atoms with E-state index in [2.05, 4.69) is 15.0 Å². The molecule has 0 bridgehead atoms. The minimum atomic E-state index is -0.821. The van der Waals surface area contributed by atoms with Crippen LogP contribution in [-0.4, -0.2) is 21.2 Å². The van der Waals surface area contributed by atoms with Gasteiger partial charge in [-0.25, -0.2) is 4.98 Å². The third-order valence-electron chi connectivity index (χ3n) is 1.40. The zero-order chi connectivity index (χ0) is 8.55. The maximum Gasteiger partial charge on any atom is 0.185 e. The first-order valence-electron chi connectivity index (χ1n) is 3.58. The van der Waals surface area contributed by atoms with Crippen molar-refractivity contribution in [3.63, 3.8) is 0 Å². The lowest BCUT2D eigenvalue weighted by Gasteiger charge is -1.96. The van der Waals surface area contributed by atoms with Crippen LogP contribution >= 0.6 is 0 Å². The van der Waals surface area contributed by atoms with Gasteiger partial charge in [-0.15, -0.1) is 0 Å². The highest BCUT2D eigenvalue weighted by Crippen LogP contribution is 2.14. The van der Waals surface area contributed by atoms with Crippen LogP contribution in [0.25, 0.3) is 11.4 Å². The molecule has 0 spiro atoms. The molecule has 2 aliphatic heterocycles. The number of nitrogens with one attached hydrogen (secondary N) is 1. The predicted octanol–water partition coefficient (Wildman–Crippen LogP) is 0.722. The summed E-state index contributed by atoms with van der Waals surface area (Å²) in [5.74, 6) is 0.0375. The van der Waals surface area contributed by atoms with Gasteiger partial charge < -0.3 is 4.98 Å². The molecule has 2 rings (SSSR count). The van der Waals surface area contributed by atoms with Crippen LogP contribution in [0.5, 0.6) is 0 Å². The molecule has 0 radical (unpaired) electrons. The summed E-state index contributed by atoms with van der Waals surface area (Å²) in [5, 5.41) is 0. The molecule has 0 saturated heterocycles. The van der Waals surface area contributed by atoms with Gasteiger partial charge in [-0.3, -0.25) is 9.78 Å². The Morgan fingerprint density at radius 2 is 2.55 bits per heavy atom. The molecule has 0 fully saturated rings. The Morgan fingerprint density at radius 3 is 3.36 bits per heavy atom. The average Bonchev–Trinajstić information content (AvgIpc) is 2.49. The van der Waals surface area contributed by atoms with E-state index < -0.39 is 6.26 Å². The summed E-state index contributed by atoms with van der Waals surface area (Å²) >= 11 is 0. The first-order chi connectivity index (χ1) is 5.77. The maximum atomic E-state index is 10.6. The number of nitrogens with zero attached hydrogens (tertiary/aromatic N) is 2. The van der Waals surface area contributed by atoms with Crippen LogP contribution in [0.15, 0.2) is 18.5 Å². The molecule has 0 aliphatic carbocycles. The molecule has 54 valence electrons. The molecule has 0 aromatic carbocycles. The van der Waals surface area contributed by atoms with Gasteiger partial charge in [-0.05, 0) is 6.07 Å². The van der Waals surface area contributed by atoms with Gasteiger partial charge in [0.15, 0.2) is 12.1 Å². The highest BCUT2D eigenvalue weighted by atomic mass is 16.1. The summed E-state index contributed by atoms with van der Waals surface area (Å²) in [7, 11) is 0. The van der Waals surface area contributed by atoms with Gasteiger partial charge in [0.1, 0.15) is 7.06 Å². The molecule has 0 atom stereocenters. The number of hydrogen-bond donors (Lipinski definition) is 1. The van der Waals surface area contributed by atoms with Crippen molar-refractivity contribution in [1.82, 2.24) is 15.0 Å². The molecular formula is C7H5N3O. The lowest BCUT2D eigenvalue weighted by atomic mass is 10.3. The second kappa shape index (κ2) is 2.16. The zero-order valence-electron chi connectivity index (χ0n) is 6.53. The van der Waals surface area contributed by atoms with E-state index in [4.69, 9.17) is 1.37 Å². The Labute approximate surface area is 64.0 Å². The first kappa shape index (κ1) is 5.01. The number of rotatable bonds is 1. The van der Waals surface area contributed by atoms with Crippen molar-refractivity contribution < 1.29 is 6.17 Å². The van der Waals surface area contributed by atoms with Crippen molar-refractivity contribution in [3.05, 3.63) is 24.3 Å². The molecule has 0 aromatic heterocycles. The van der Waals surface area contributed by atoms with E-state index in [1.165, 1.54) is 6.20 Å². The molecule has 0 amide bonds. The van der Waals surface area contributed by atoms with Crippen LogP contribution in [0.2, 0.25) is 0 Å². The van der Waals surface area contributed by atoms with Crippen LogP contribution in [0.4, 0.5) is 0 Å². The molecule has 2 aliphatic rings. The van der Waals surface area contributed by atoms with Crippen molar-refractivity contribution >= 4 is 6.26 Å². The predicted molar refractivity (Wildman–Crippen MR) is 38.4 cm³/mol. The van der Waals surface area contributed by atoms with Crippen molar-refractivity contribution in [2.24, 2.45) is 0 Å². The highest BCUT2D eigenvalue weighted by Gasteiger charge is 2.03. The van der Waals surface area contributed by atoms with E-state index in [0.29, 0.717) is 5.69 Å². The molecule has 0 unspecified atom stereocenters. The van der Waals surface area contributed by atoms with Gasteiger partial charge in [0.25, 0.3) is 0 Å². The summed E-state index contributed by atoms with van der Waals surface area (Å²) < 4.78 is 6.79. The largest absolute Gasteiger partial charge is 0.336 e. The molecule has 1 N–H and O–H groups in total.